The summed E-state index contributed by atoms with van der Waals surface area (Å²) in [7, 11) is -2.43. The van der Waals surface area contributed by atoms with Crippen LogP contribution in [0.25, 0.3) is 0 Å². The van der Waals surface area contributed by atoms with Crippen LogP contribution in [0.2, 0.25) is 0 Å². The number of fused-ring (bicyclic) bond motifs is 1. The Morgan fingerprint density at radius 1 is 1.19 bits per heavy atom. The smallest absolute Gasteiger partial charge is 0.243 e. The van der Waals surface area contributed by atoms with Gasteiger partial charge in [0.2, 0.25) is 15.9 Å². The fraction of sp³-hybridized carbons (Fsp3) is 0.370. The summed E-state index contributed by atoms with van der Waals surface area (Å²) >= 11 is 1.62. The third-order valence-corrected chi connectivity index (χ3v) is 9.63. The minimum Gasteiger partial charge on any atom is -0.497 e. The molecule has 0 N–H and O–H groups in total. The maximum Gasteiger partial charge on any atom is 0.243 e. The number of ether oxygens (including phenoxy) is 2. The molecular weight excluding hydrogens is 515 g/mol. The number of sulfonamides is 1. The fourth-order valence-electron chi connectivity index (χ4n) is 4.40. The van der Waals surface area contributed by atoms with E-state index in [0.717, 1.165) is 5.56 Å². The molecule has 1 aromatic heterocycles. The summed E-state index contributed by atoms with van der Waals surface area (Å²) in [5, 5.41) is 1.98. The zero-order valence-corrected chi connectivity index (χ0v) is 22.7. The second kappa shape index (κ2) is 11.6. The Bertz CT molecular complexity index is 1330. The van der Waals surface area contributed by atoms with Crippen molar-refractivity contribution in [1.82, 2.24) is 9.21 Å². The number of methoxy groups -OCH3 is 1. The Hall–Kier alpha value is -2.95. The highest BCUT2D eigenvalue weighted by molar-refractivity contribution is 7.89. The van der Waals surface area contributed by atoms with Gasteiger partial charge >= 0.3 is 0 Å². The molecule has 2 aromatic carbocycles. The maximum atomic E-state index is 13.7. The van der Waals surface area contributed by atoms with Crippen molar-refractivity contribution in [3.05, 3.63) is 76.2 Å². The topological polar surface area (TPSA) is 76.2 Å². The van der Waals surface area contributed by atoms with E-state index in [2.05, 4.69) is 0 Å². The summed E-state index contributed by atoms with van der Waals surface area (Å²) in [6.45, 7) is 3.97. The standard InChI is InChI=1S/C27H31FN2O5S2/c1-4-19(2)30(37(32,33)23-10-8-21(34-3)9-11-23)17-27(31)29-14-12-26-24(13-15-36-26)25(29)18-35-22-7-5-6-20(28)16-22/h5-11,13,15-16,19,25H,4,12,14,17-18H2,1-3H3/t19-,25-/m1/s1. The molecule has 2 atom stereocenters. The lowest BCUT2D eigenvalue weighted by Crippen LogP contribution is -2.49. The summed E-state index contributed by atoms with van der Waals surface area (Å²) in [5.74, 6) is 0.213. The van der Waals surface area contributed by atoms with Crippen LogP contribution in [0.15, 0.2) is 64.9 Å². The molecule has 1 aliphatic heterocycles. The van der Waals surface area contributed by atoms with Gasteiger partial charge < -0.3 is 14.4 Å². The molecule has 0 saturated heterocycles. The van der Waals surface area contributed by atoms with Crippen LogP contribution in [0.4, 0.5) is 4.39 Å². The number of hydrogen-bond donors (Lipinski definition) is 0. The summed E-state index contributed by atoms with van der Waals surface area (Å²) in [5.41, 5.74) is 0.981. The van der Waals surface area contributed by atoms with Crippen LogP contribution >= 0.6 is 11.3 Å². The predicted octanol–water partition coefficient (Wildman–Crippen LogP) is 4.89. The zero-order chi connectivity index (χ0) is 26.6. The van der Waals surface area contributed by atoms with Crippen molar-refractivity contribution in [1.29, 1.82) is 0 Å². The third kappa shape index (κ3) is 5.97. The molecule has 0 unspecified atom stereocenters. The molecule has 37 heavy (non-hydrogen) atoms. The lowest BCUT2D eigenvalue weighted by atomic mass is 10.0. The average Bonchev–Trinajstić information content (AvgIpc) is 3.39. The first-order valence-electron chi connectivity index (χ1n) is 12.1. The van der Waals surface area contributed by atoms with E-state index in [1.165, 1.54) is 40.6 Å². The van der Waals surface area contributed by atoms with Gasteiger partial charge in [-0.25, -0.2) is 12.8 Å². The van der Waals surface area contributed by atoms with Gasteiger partial charge in [0, 0.05) is 23.5 Å². The van der Waals surface area contributed by atoms with Crippen LogP contribution < -0.4 is 9.47 Å². The minimum absolute atomic E-state index is 0.103. The van der Waals surface area contributed by atoms with Crippen LogP contribution in [-0.4, -0.2) is 56.4 Å². The first-order valence-corrected chi connectivity index (χ1v) is 14.5. The monoisotopic (exact) mass is 546 g/mol. The first-order chi connectivity index (χ1) is 17.7. The number of halogens is 1. The van der Waals surface area contributed by atoms with Gasteiger partial charge in [-0.05, 0) is 73.2 Å². The normalized spacial score (nSPS) is 16.4. The summed E-state index contributed by atoms with van der Waals surface area (Å²) in [6, 6.07) is 13.2. The van der Waals surface area contributed by atoms with Crippen molar-refractivity contribution in [2.24, 2.45) is 0 Å². The number of carbonyl (C=O) groups is 1. The molecule has 1 amide bonds. The highest BCUT2D eigenvalue weighted by Crippen LogP contribution is 2.34. The molecule has 0 bridgehead atoms. The average molecular weight is 547 g/mol. The number of hydrogen-bond acceptors (Lipinski definition) is 6. The van der Waals surface area contributed by atoms with E-state index in [4.69, 9.17) is 9.47 Å². The quantitative estimate of drug-likeness (QED) is 0.362. The molecule has 10 heteroatoms. The Morgan fingerprint density at radius 3 is 2.62 bits per heavy atom. The first kappa shape index (κ1) is 27.1. The molecule has 3 aromatic rings. The number of carbonyl (C=O) groups excluding carboxylic acids is 1. The number of amides is 1. The number of benzene rings is 2. The van der Waals surface area contributed by atoms with Gasteiger partial charge in [-0.3, -0.25) is 4.79 Å². The summed E-state index contributed by atoms with van der Waals surface area (Å²) in [4.78, 5) is 16.7. The largest absolute Gasteiger partial charge is 0.497 e. The molecule has 1 aliphatic rings. The van der Waals surface area contributed by atoms with Crippen molar-refractivity contribution in [3.63, 3.8) is 0 Å². The van der Waals surface area contributed by atoms with Gasteiger partial charge in [0.1, 0.15) is 23.9 Å². The maximum absolute atomic E-state index is 13.7. The molecule has 0 saturated carbocycles. The second-order valence-corrected chi connectivity index (χ2v) is 11.8. The van der Waals surface area contributed by atoms with Crippen molar-refractivity contribution in [2.45, 2.75) is 43.7 Å². The molecular formula is C27H31FN2O5S2. The van der Waals surface area contributed by atoms with Crippen LogP contribution in [-0.2, 0) is 21.2 Å². The summed E-state index contributed by atoms with van der Waals surface area (Å²) < 4.78 is 53.1. The molecule has 0 radical (unpaired) electrons. The van der Waals surface area contributed by atoms with Gasteiger partial charge in [0.25, 0.3) is 0 Å². The SMILES string of the molecule is CC[C@@H](C)N(CC(=O)N1CCc2sccc2[C@H]1COc1cccc(F)c1)S(=O)(=O)c1ccc(OC)cc1. The van der Waals surface area contributed by atoms with E-state index >= 15 is 0 Å². The molecule has 7 nitrogen and oxygen atoms in total. The molecule has 198 valence electrons. The predicted molar refractivity (Wildman–Crippen MR) is 141 cm³/mol. The molecule has 2 heterocycles. The van der Waals surface area contributed by atoms with Gasteiger partial charge in [0.15, 0.2) is 0 Å². The highest BCUT2D eigenvalue weighted by Gasteiger charge is 2.36. The van der Waals surface area contributed by atoms with Gasteiger partial charge in [-0.15, -0.1) is 11.3 Å². The van der Waals surface area contributed by atoms with Crippen molar-refractivity contribution in [2.75, 3.05) is 26.8 Å². The minimum atomic E-state index is -3.94. The number of rotatable bonds is 10. The Balaban J connectivity index is 1.58. The highest BCUT2D eigenvalue weighted by atomic mass is 32.2. The van der Waals surface area contributed by atoms with E-state index in [0.29, 0.717) is 30.9 Å². The van der Waals surface area contributed by atoms with E-state index in [1.807, 2.05) is 18.4 Å². The van der Waals surface area contributed by atoms with Gasteiger partial charge in [-0.2, -0.15) is 4.31 Å². The van der Waals surface area contributed by atoms with E-state index in [9.17, 15) is 17.6 Å². The zero-order valence-electron chi connectivity index (χ0n) is 21.1. The third-order valence-electron chi connectivity index (χ3n) is 6.66. The Morgan fingerprint density at radius 2 is 1.95 bits per heavy atom. The van der Waals surface area contributed by atoms with Crippen LogP contribution in [0, 0.1) is 5.82 Å². The molecule has 4 rings (SSSR count). The van der Waals surface area contributed by atoms with Crippen molar-refractivity contribution < 1.29 is 27.1 Å². The fourth-order valence-corrected chi connectivity index (χ4v) is 6.98. The van der Waals surface area contributed by atoms with Crippen molar-refractivity contribution >= 4 is 27.3 Å². The van der Waals surface area contributed by atoms with Gasteiger partial charge in [-0.1, -0.05) is 13.0 Å². The Kier molecular flexibility index (Phi) is 8.51. The molecule has 0 spiro atoms. The molecule has 0 aliphatic carbocycles. The summed E-state index contributed by atoms with van der Waals surface area (Å²) in [6.07, 6.45) is 1.23. The number of thiophene rings is 1. The van der Waals surface area contributed by atoms with E-state index in [1.54, 1.807) is 47.4 Å². The van der Waals surface area contributed by atoms with E-state index < -0.39 is 21.9 Å². The number of nitrogens with zero attached hydrogens (tertiary/aromatic N) is 2. The lowest BCUT2D eigenvalue weighted by Gasteiger charge is -2.37. The lowest BCUT2D eigenvalue weighted by molar-refractivity contribution is -0.135. The second-order valence-electron chi connectivity index (χ2n) is 8.90. The van der Waals surface area contributed by atoms with Crippen LogP contribution in [0.5, 0.6) is 11.5 Å². The Labute approximate surface area is 221 Å². The van der Waals surface area contributed by atoms with Crippen LogP contribution in [0.1, 0.15) is 36.8 Å². The van der Waals surface area contributed by atoms with E-state index in [-0.39, 0.29) is 30.0 Å². The van der Waals surface area contributed by atoms with Crippen LogP contribution in [0.3, 0.4) is 0 Å². The van der Waals surface area contributed by atoms with Crippen molar-refractivity contribution in [3.8, 4) is 11.5 Å². The molecule has 0 fully saturated rings. The van der Waals surface area contributed by atoms with Gasteiger partial charge in [0.05, 0.1) is 24.6 Å².